The molecule has 1 aliphatic carbocycles. The molecule has 1 aromatic carbocycles. The van der Waals surface area contributed by atoms with Crippen molar-refractivity contribution in [1.82, 2.24) is 4.57 Å². The number of nitrogens with two attached hydrogens (primary N) is 1. The van der Waals surface area contributed by atoms with Gasteiger partial charge in [-0.25, -0.2) is 0 Å². The molecule has 1 heterocycles. The first-order valence-corrected chi connectivity index (χ1v) is 6.09. The van der Waals surface area contributed by atoms with E-state index in [0.29, 0.717) is 0 Å². The van der Waals surface area contributed by atoms with Gasteiger partial charge in [-0.2, -0.15) is 0 Å². The maximum Gasteiger partial charge on any atom is 0.0483 e. The minimum Gasteiger partial charge on any atom is -0.347 e. The lowest BCUT2D eigenvalue weighted by atomic mass is 10.0. The van der Waals surface area contributed by atoms with Crippen LogP contribution in [0.25, 0.3) is 10.9 Å². The summed E-state index contributed by atoms with van der Waals surface area (Å²) in [5, 5.41) is 1.32. The van der Waals surface area contributed by atoms with Crippen LogP contribution < -0.4 is 5.73 Å². The van der Waals surface area contributed by atoms with Gasteiger partial charge in [0.1, 0.15) is 0 Å². The van der Waals surface area contributed by atoms with Crippen molar-refractivity contribution >= 4 is 10.9 Å². The molecule has 2 N–H and O–H groups in total. The fourth-order valence-corrected chi connectivity index (χ4v) is 2.38. The zero-order chi connectivity index (χ0) is 11.1. The summed E-state index contributed by atoms with van der Waals surface area (Å²) in [5.41, 5.74) is 8.58. The summed E-state index contributed by atoms with van der Waals surface area (Å²) >= 11 is 0. The predicted octanol–water partition coefficient (Wildman–Crippen LogP) is 3.07. The molecular weight excluding hydrogens is 196 g/mol. The van der Waals surface area contributed by atoms with E-state index < -0.39 is 0 Å². The Hall–Kier alpha value is -1.28. The third-order valence-corrected chi connectivity index (χ3v) is 3.49. The van der Waals surface area contributed by atoms with Gasteiger partial charge in [0.25, 0.3) is 0 Å². The average Bonchev–Trinajstić information content (AvgIpc) is 2.98. The van der Waals surface area contributed by atoms with E-state index in [2.05, 4.69) is 35.0 Å². The van der Waals surface area contributed by atoms with Crippen LogP contribution in [0.3, 0.4) is 0 Å². The first kappa shape index (κ1) is 9.91. The van der Waals surface area contributed by atoms with E-state index in [1.807, 2.05) is 6.92 Å². The van der Waals surface area contributed by atoms with Crippen LogP contribution in [0.1, 0.15) is 31.4 Å². The minimum absolute atomic E-state index is 0.112. The molecule has 1 saturated carbocycles. The van der Waals surface area contributed by atoms with Crippen LogP contribution >= 0.6 is 0 Å². The van der Waals surface area contributed by atoms with Crippen molar-refractivity contribution in [3.8, 4) is 0 Å². The lowest BCUT2D eigenvalue weighted by Crippen LogP contribution is -2.05. The first-order chi connectivity index (χ1) is 7.75. The van der Waals surface area contributed by atoms with Crippen LogP contribution in [0.2, 0.25) is 0 Å². The van der Waals surface area contributed by atoms with Crippen LogP contribution in [-0.2, 0) is 6.54 Å². The van der Waals surface area contributed by atoms with Crippen molar-refractivity contribution in [1.29, 1.82) is 0 Å². The third-order valence-electron chi connectivity index (χ3n) is 3.49. The molecule has 0 amide bonds. The number of hydrogen-bond donors (Lipinski definition) is 1. The van der Waals surface area contributed by atoms with Gasteiger partial charge in [-0.15, -0.1) is 0 Å². The van der Waals surface area contributed by atoms with E-state index in [0.717, 1.165) is 5.92 Å². The molecule has 0 spiro atoms. The van der Waals surface area contributed by atoms with Crippen molar-refractivity contribution in [3.63, 3.8) is 0 Å². The normalized spacial score (nSPS) is 17.9. The van der Waals surface area contributed by atoms with Gasteiger partial charge in [0, 0.05) is 29.7 Å². The summed E-state index contributed by atoms with van der Waals surface area (Å²) in [6.07, 6.45) is 4.99. The highest BCUT2D eigenvalue weighted by Crippen LogP contribution is 2.33. The summed E-state index contributed by atoms with van der Waals surface area (Å²) in [4.78, 5) is 0. The molecule has 0 radical (unpaired) electrons. The van der Waals surface area contributed by atoms with E-state index >= 15 is 0 Å². The molecule has 84 valence electrons. The first-order valence-electron chi connectivity index (χ1n) is 6.09. The second-order valence-electron chi connectivity index (χ2n) is 4.98. The predicted molar refractivity (Wildman–Crippen MR) is 67.3 cm³/mol. The molecule has 1 atom stereocenters. The van der Waals surface area contributed by atoms with Crippen molar-refractivity contribution in [3.05, 3.63) is 36.0 Å². The Labute approximate surface area is 96.1 Å². The highest BCUT2D eigenvalue weighted by Gasteiger charge is 2.22. The molecule has 1 unspecified atom stereocenters. The van der Waals surface area contributed by atoms with Crippen LogP contribution in [-0.4, -0.2) is 4.57 Å². The lowest BCUT2D eigenvalue weighted by molar-refractivity contribution is 0.647. The lowest BCUT2D eigenvalue weighted by Gasteiger charge is -2.09. The molecule has 2 nitrogen and oxygen atoms in total. The van der Waals surface area contributed by atoms with Gasteiger partial charge in [0.15, 0.2) is 0 Å². The highest BCUT2D eigenvalue weighted by molar-refractivity contribution is 5.84. The molecule has 1 aromatic heterocycles. The third kappa shape index (κ3) is 1.63. The number of aromatic nitrogens is 1. The Morgan fingerprint density at radius 3 is 2.88 bits per heavy atom. The molecule has 0 bridgehead atoms. The van der Waals surface area contributed by atoms with Gasteiger partial charge in [-0.1, -0.05) is 12.1 Å². The summed E-state index contributed by atoms with van der Waals surface area (Å²) in [6, 6.07) is 8.76. The van der Waals surface area contributed by atoms with Crippen LogP contribution in [0.15, 0.2) is 30.5 Å². The summed E-state index contributed by atoms with van der Waals surface area (Å²) in [7, 11) is 0. The minimum atomic E-state index is 0.112. The second-order valence-corrected chi connectivity index (χ2v) is 4.98. The highest BCUT2D eigenvalue weighted by atomic mass is 15.0. The Bertz CT molecular complexity index is 506. The molecule has 3 rings (SSSR count). The van der Waals surface area contributed by atoms with Gasteiger partial charge in [0.05, 0.1) is 0 Å². The maximum absolute atomic E-state index is 5.99. The molecule has 2 heteroatoms. The Kier molecular flexibility index (Phi) is 2.25. The van der Waals surface area contributed by atoms with Gasteiger partial charge < -0.3 is 10.3 Å². The zero-order valence-corrected chi connectivity index (χ0v) is 9.69. The molecule has 1 fully saturated rings. The quantitative estimate of drug-likeness (QED) is 0.836. The number of benzene rings is 1. The van der Waals surface area contributed by atoms with E-state index in [-0.39, 0.29) is 6.04 Å². The SMILES string of the molecule is CC(N)c1cccc2c1ccn2CC1CC1. The zero-order valence-electron chi connectivity index (χ0n) is 9.69. The fourth-order valence-electron chi connectivity index (χ4n) is 2.38. The molecule has 2 aromatic rings. The monoisotopic (exact) mass is 214 g/mol. The van der Waals surface area contributed by atoms with E-state index in [1.54, 1.807) is 0 Å². The molecule has 1 aliphatic rings. The Morgan fingerprint density at radius 1 is 1.38 bits per heavy atom. The summed E-state index contributed by atoms with van der Waals surface area (Å²) in [5.74, 6) is 0.912. The van der Waals surface area contributed by atoms with Gasteiger partial charge in [-0.3, -0.25) is 0 Å². The van der Waals surface area contributed by atoms with Gasteiger partial charge in [-0.05, 0) is 43.4 Å². The fraction of sp³-hybridized carbons (Fsp3) is 0.429. The van der Waals surface area contributed by atoms with Gasteiger partial charge in [0.2, 0.25) is 0 Å². The van der Waals surface area contributed by atoms with Crippen molar-refractivity contribution in [2.24, 2.45) is 11.7 Å². The number of nitrogens with zero attached hydrogens (tertiary/aromatic N) is 1. The Balaban J connectivity index is 2.08. The second kappa shape index (κ2) is 3.63. The van der Waals surface area contributed by atoms with E-state index in [9.17, 15) is 0 Å². The topological polar surface area (TPSA) is 30.9 Å². The summed E-state index contributed by atoms with van der Waals surface area (Å²) in [6.45, 7) is 3.22. The van der Waals surface area contributed by atoms with E-state index in [1.165, 1.54) is 35.9 Å². The molecular formula is C14H18N2. The summed E-state index contributed by atoms with van der Waals surface area (Å²) < 4.78 is 2.37. The Morgan fingerprint density at radius 2 is 2.19 bits per heavy atom. The van der Waals surface area contributed by atoms with Crippen molar-refractivity contribution < 1.29 is 0 Å². The molecule has 0 aliphatic heterocycles. The van der Waals surface area contributed by atoms with Gasteiger partial charge >= 0.3 is 0 Å². The molecule has 16 heavy (non-hydrogen) atoms. The van der Waals surface area contributed by atoms with Crippen LogP contribution in [0.4, 0.5) is 0 Å². The number of hydrogen-bond acceptors (Lipinski definition) is 1. The van der Waals surface area contributed by atoms with Crippen molar-refractivity contribution in [2.75, 3.05) is 0 Å². The number of fused-ring (bicyclic) bond motifs is 1. The maximum atomic E-state index is 5.99. The van der Waals surface area contributed by atoms with E-state index in [4.69, 9.17) is 5.73 Å². The molecule has 0 saturated heterocycles. The standard InChI is InChI=1S/C14H18N2/c1-10(15)12-3-2-4-14-13(12)7-8-16(14)9-11-5-6-11/h2-4,7-8,10-11H,5-6,9,15H2,1H3. The van der Waals surface area contributed by atoms with Crippen molar-refractivity contribution in [2.45, 2.75) is 32.4 Å². The van der Waals surface area contributed by atoms with Crippen LogP contribution in [0, 0.1) is 5.92 Å². The largest absolute Gasteiger partial charge is 0.347 e. The average molecular weight is 214 g/mol. The smallest absolute Gasteiger partial charge is 0.0483 e. The number of rotatable bonds is 3. The van der Waals surface area contributed by atoms with Crippen LogP contribution in [0.5, 0.6) is 0 Å².